The van der Waals surface area contributed by atoms with Crippen LogP contribution in [0.3, 0.4) is 0 Å². The Hall–Kier alpha value is -1.61. The molecule has 0 amide bonds. The first-order valence-corrected chi connectivity index (χ1v) is 6.62. The normalized spacial score (nSPS) is 11.0. The van der Waals surface area contributed by atoms with Crippen LogP contribution in [0.2, 0.25) is 0 Å². The van der Waals surface area contributed by atoms with Gasteiger partial charge in [-0.1, -0.05) is 37.3 Å². The molecule has 3 nitrogen and oxygen atoms in total. The Morgan fingerprint density at radius 1 is 1.11 bits per heavy atom. The number of benzene rings is 1. The standard InChI is InChI=1S/C15H21N3/c1-2-17(13-14-18-11-6-10-16-18)12-9-15-7-4-3-5-8-15/h3-8,10-11H,2,9,12-14H2,1H3. The molecule has 0 aliphatic heterocycles. The van der Waals surface area contributed by atoms with E-state index in [1.54, 1.807) is 0 Å². The second kappa shape index (κ2) is 6.97. The molecule has 1 aromatic heterocycles. The second-order valence-electron chi connectivity index (χ2n) is 4.44. The van der Waals surface area contributed by atoms with E-state index < -0.39 is 0 Å². The van der Waals surface area contributed by atoms with Crippen LogP contribution in [-0.4, -0.2) is 34.3 Å². The van der Waals surface area contributed by atoms with Gasteiger partial charge in [-0.05, 0) is 24.6 Å². The van der Waals surface area contributed by atoms with Crippen molar-refractivity contribution in [2.24, 2.45) is 0 Å². The van der Waals surface area contributed by atoms with Crippen LogP contribution >= 0.6 is 0 Å². The Morgan fingerprint density at radius 2 is 1.94 bits per heavy atom. The highest BCUT2D eigenvalue weighted by molar-refractivity contribution is 5.14. The SMILES string of the molecule is CCN(CCc1ccccc1)CCn1cccn1. The van der Waals surface area contributed by atoms with Gasteiger partial charge < -0.3 is 4.90 Å². The number of hydrogen-bond donors (Lipinski definition) is 0. The average Bonchev–Trinajstić information content (AvgIpc) is 2.93. The first-order chi connectivity index (χ1) is 8.88. The van der Waals surface area contributed by atoms with Gasteiger partial charge in [-0.3, -0.25) is 4.68 Å². The third kappa shape index (κ3) is 4.00. The maximum atomic E-state index is 4.23. The quantitative estimate of drug-likeness (QED) is 0.745. The van der Waals surface area contributed by atoms with Gasteiger partial charge in [-0.15, -0.1) is 0 Å². The van der Waals surface area contributed by atoms with Crippen molar-refractivity contribution in [3.05, 3.63) is 54.4 Å². The number of nitrogens with zero attached hydrogens (tertiary/aromatic N) is 3. The average molecular weight is 243 g/mol. The van der Waals surface area contributed by atoms with Gasteiger partial charge in [0, 0.05) is 25.5 Å². The summed E-state index contributed by atoms with van der Waals surface area (Å²) in [5.74, 6) is 0. The minimum absolute atomic E-state index is 0.968. The van der Waals surface area contributed by atoms with Crippen molar-refractivity contribution < 1.29 is 0 Å². The van der Waals surface area contributed by atoms with Crippen LogP contribution in [0.5, 0.6) is 0 Å². The van der Waals surface area contributed by atoms with Crippen LogP contribution in [0.1, 0.15) is 12.5 Å². The van der Waals surface area contributed by atoms with Crippen LogP contribution in [0.4, 0.5) is 0 Å². The molecule has 0 unspecified atom stereocenters. The maximum absolute atomic E-state index is 4.23. The van der Waals surface area contributed by atoms with Gasteiger partial charge in [-0.25, -0.2) is 0 Å². The minimum Gasteiger partial charge on any atom is -0.301 e. The lowest BCUT2D eigenvalue weighted by molar-refractivity contribution is 0.274. The Balaban J connectivity index is 1.75. The first-order valence-electron chi connectivity index (χ1n) is 6.62. The molecule has 0 bridgehead atoms. The number of likely N-dealkylation sites (N-methyl/N-ethyl adjacent to an activating group) is 1. The molecule has 0 aliphatic carbocycles. The van der Waals surface area contributed by atoms with Crippen molar-refractivity contribution in [3.63, 3.8) is 0 Å². The third-order valence-electron chi connectivity index (χ3n) is 3.21. The van der Waals surface area contributed by atoms with Crippen molar-refractivity contribution in [2.75, 3.05) is 19.6 Å². The molecule has 2 aromatic rings. The molecule has 0 spiro atoms. The lowest BCUT2D eigenvalue weighted by atomic mass is 10.1. The van der Waals surface area contributed by atoms with Gasteiger partial charge in [0.15, 0.2) is 0 Å². The zero-order valence-electron chi connectivity index (χ0n) is 11.0. The van der Waals surface area contributed by atoms with Gasteiger partial charge in [-0.2, -0.15) is 5.10 Å². The topological polar surface area (TPSA) is 21.1 Å². The Morgan fingerprint density at radius 3 is 2.61 bits per heavy atom. The highest BCUT2D eigenvalue weighted by atomic mass is 15.3. The van der Waals surface area contributed by atoms with E-state index in [4.69, 9.17) is 0 Å². The van der Waals surface area contributed by atoms with Crippen molar-refractivity contribution in [3.8, 4) is 0 Å². The fourth-order valence-electron chi connectivity index (χ4n) is 2.04. The monoisotopic (exact) mass is 243 g/mol. The summed E-state index contributed by atoms with van der Waals surface area (Å²) < 4.78 is 1.99. The van der Waals surface area contributed by atoms with E-state index in [1.807, 2.05) is 23.1 Å². The Bertz CT molecular complexity index is 422. The Kier molecular flexibility index (Phi) is 4.97. The summed E-state index contributed by atoms with van der Waals surface area (Å²) >= 11 is 0. The van der Waals surface area contributed by atoms with Gasteiger partial charge in [0.05, 0.1) is 6.54 Å². The number of hydrogen-bond acceptors (Lipinski definition) is 2. The van der Waals surface area contributed by atoms with Crippen molar-refractivity contribution in [1.82, 2.24) is 14.7 Å². The lowest BCUT2D eigenvalue weighted by Crippen LogP contribution is -2.29. The van der Waals surface area contributed by atoms with Gasteiger partial charge in [0.1, 0.15) is 0 Å². The zero-order chi connectivity index (χ0) is 12.6. The summed E-state index contributed by atoms with van der Waals surface area (Å²) in [4.78, 5) is 2.47. The van der Waals surface area contributed by atoms with E-state index in [-0.39, 0.29) is 0 Å². The summed E-state index contributed by atoms with van der Waals surface area (Å²) in [5, 5.41) is 4.23. The molecular weight excluding hydrogens is 222 g/mol. The number of aromatic nitrogens is 2. The first kappa shape index (κ1) is 12.8. The van der Waals surface area contributed by atoms with Gasteiger partial charge >= 0.3 is 0 Å². The van der Waals surface area contributed by atoms with Crippen LogP contribution in [0.25, 0.3) is 0 Å². The molecule has 3 heteroatoms. The molecule has 0 saturated heterocycles. The molecule has 1 aromatic carbocycles. The molecule has 0 radical (unpaired) electrons. The summed E-state index contributed by atoms with van der Waals surface area (Å²) in [7, 11) is 0. The summed E-state index contributed by atoms with van der Waals surface area (Å²) in [6.45, 7) is 6.45. The second-order valence-corrected chi connectivity index (χ2v) is 4.44. The van der Waals surface area contributed by atoms with E-state index in [2.05, 4.69) is 47.3 Å². The molecule has 0 atom stereocenters. The smallest absolute Gasteiger partial charge is 0.0536 e. The summed E-state index contributed by atoms with van der Waals surface area (Å²) in [5.41, 5.74) is 1.41. The predicted octanol–water partition coefficient (Wildman–Crippen LogP) is 2.45. The van der Waals surface area contributed by atoms with Crippen LogP contribution < -0.4 is 0 Å². The molecule has 0 N–H and O–H groups in total. The fourth-order valence-corrected chi connectivity index (χ4v) is 2.04. The maximum Gasteiger partial charge on any atom is 0.0536 e. The lowest BCUT2D eigenvalue weighted by Gasteiger charge is -2.20. The van der Waals surface area contributed by atoms with E-state index in [1.165, 1.54) is 5.56 Å². The highest BCUT2D eigenvalue weighted by Crippen LogP contribution is 2.01. The van der Waals surface area contributed by atoms with Crippen molar-refractivity contribution in [1.29, 1.82) is 0 Å². The zero-order valence-corrected chi connectivity index (χ0v) is 11.0. The van der Waals surface area contributed by atoms with Gasteiger partial charge in [0.25, 0.3) is 0 Å². The largest absolute Gasteiger partial charge is 0.301 e. The van der Waals surface area contributed by atoms with Crippen LogP contribution in [0, 0.1) is 0 Å². The molecule has 18 heavy (non-hydrogen) atoms. The predicted molar refractivity (Wildman–Crippen MR) is 74.5 cm³/mol. The van der Waals surface area contributed by atoms with Crippen molar-refractivity contribution >= 4 is 0 Å². The molecule has 96 valence electrons. The molecule has 0 saturated carbocycles. The third-order valence-corrected chi connectivity index (χ3v) is 3.21. The van der Waals surface area contributed by atoms with E-state index in [0.717, 1.165) is 32.6 Å². The molecule has 0 fully saturated rings. The molecule has 2 rings (SSSR count). The van der Waals surface area contributed by atoms with E-state index in [0.29, 0.717) is 0 Å². The molecule has 1 heterocycles. The molecular formula is C15H21N3. The van der Waals surface area contributed by atoms with E-state index in [9.17, 15) is 0 Å². The minimum atomic E-state index is 0.968. The van der Waals surface area contributed by atoms with E-state index >= 15 is 0 Å². The van der Waals surface area contributed by atoms with Crippen molar-refractivity contribution in [2.45, 2.75) is 19.9 Å². The number of rotatable bonds is 7. The van der Waals surface area contributed by atoms with Crippen LogP contribution in [0.15, 0.2) is 48.8 Å². The summed E-state index contributed by atoms with van der Waals surface area (Å²) in [6.07, 6.45) is 4.97. The molecule has 0 aliphatic rings. The fraction of sp³-hybridized carbons (Fsp3) is 0.400. The highest BCUT2D eigenvalue weighted by Gasteiger charge is 2.03. The Labute approximate surface area is 109 Å². The van der Waals surface area contributed by atoms with Crippen LogP contribution in [-0.2, 0) is 13.0 Å². The summed E-state index contributed by atoms with van der Waals surface area (Å²) in [6, 6.07) is 12.6. The van der Waals surface area contributed by atoms with Gasteiger partial charge in [0.2, 0.25) is 0 Å².